The molecule has 1 N–H and O–H groups in total. The Balaban J connectivity index is 2.06. The molecule has 170 valence electrons. The molecule has 1 aliphatic heterocycles. The Morgan fingerprint density at radius 3 is 2.38 bits per heavy atom. The molecule has 0 bridgehead atoms. The average molecular weight is 457 g/mol. The number of allylic oxidation sites excluding steroid dienone is 1. The zero-order valence-electron chi connectivity index (χ0n) is 18.9. The fraction of sp³-hybridized carbons (Fsp3) is 0.333. The SMILES string of the molecule is CCCOc1ccc(C2NC(=S)N(c3ccc(OC)cc3)C(C)=C2C(=O)OC)cc1OC. The number of nitrogens with zero attached hydrogens (tertiary/aromatic N) is 1. The Bertz CT molecular complexity index is 1020. The predicted molar refractivity (Wildman–Crippen MR) is 127 cm³/mol. The molecule has 2 aromatic rings. The molecule has 0 spiro atoms. The maximum absolute atomic E-state index is 12.8. The van der Waals surface area contributed by atoms with Crippen LogP contribution in [0.25, 0.3) is 0 Å². The van der Waals surface area contributed by atoms with Crippen molar-refractivity contribution >= 4 is 29.0 Å². The van der Waals surface area contributed by atoms with Gasteiger partial charge in [0, 0.05) is 11.4 Å². The first-order valence-electron chi connectivity index (χ1n) is 10.3. The van der Waals surface area contributed by atoms with Crippen molar-refractivity contribution in [2.75, 3.05) is 32.8 Å². The number of esters is 1. The standard InChI is InChI=1S/C24H28N2O5S/c1-6-13-31-19-12-7-16(14-20(19)29-4)22-21(23(27)30-5)15(2)26(24(32)25-22)17-8-10-18(28-3)11-9-17/h7-12,14,22H,6,13H2,1-5H3,(H,25,32). The Hall–Kier alpha value is -3.26. The van der Waals surface area contributed by atoms with Gasteiger partial charge in [-0.1, -0.05) is 13.0 Å². The topological polar surface area (TPSA) is 69.3 Å². The first-order valence-corrected chi connectivity index (χ1v) is 10.7. The number of methoxy groups -OCH3 is 3. The largest absolute Gasteiger partial charge is 0.497 e. The molecule has 0 aliphatic carbocycles. The molecular weight excluding hydrogens is 428 g/mol. The van der Waals surface area contributed by atoms with Gasteiger partial charge < -0.3 is 24.3 Å². The molecule has 1 atom stereocenters. The normalized spacial score (nSPS) is 15.8. The number of ether oxygens (including phenoxy) is 4. The molecule has 0 saturated carbocycles. The maximum Gasteiger partial charge on any atom is 0.337 e. The van der Waals surface area contributed by atoms with Gasteiger partial charge in [0.2, 0.25) is 0 Å². The van der Waals surface area contributed by atoms with Crippen LogP contribution in [0.1, 0.15) is 31.9 Å². The van der Waals surface area contributed by atoms with E-state index in [-0.39, 0.29) is 0 Å². The number of carbonyl (C=O) groups is 1. The van der Waals surface area contributed by atoms with Crippen molar-refractivity contribution in [2.45, 2.75) is 26.3 Å². The summed E-state index contributed by atoms with van der Waals surface area (Å²) < 4.78 is 21.6. The van der Waals surface area contributed by atoms with Gasteiger partial charge in [-0.2, -0.15) is 0 Å². The van der Waals surface area contributed by atoms with E-state index in [2.05, 4.69) is 5.32 Å². The van der Waals surface area contributed by atoms with Gasteiger partial charge in [0.15, 0.2) is 16.6 Å². The molecule has 3 rings (SSSR count). The summed E-state index contributed by atoms with van der Waals surface area (Å²) >= 11 is 5.69. The minimum atomic E-state index is -0.501. The lowest BCUT2D eigenvalue weighted by molar-refractivity contribution is -0.136. The minimum absolute atomic E-state index is 0.439. The number of nitrogens with one attached hydrogen (secondary N) is 1. The van der Waals surface area contributed by atoms with E-state index >= 15 is 0 Å². The van der Waals surface area contributed by atoms with Crippen LogP contribution in [-0.4, -0.2) is 39.0 Å². The van der Waals surface area contributed by atoms with Crippen molar-refractivity contribution in [3.05, 3.63) is 59.3 Å². The number of thiocarbonyl (C=S) groups is 1. The van der Waals surface area contributed by atoms with Crippen LogP contribution in [0.5, 0.6) is 17.2 Å². The van der Waals surface area contributed by atoms with E-state index < -0.39 is 12.0 Å². The Morgan fingerprint density at radius 1 is 1.06 bits per heavy atom. The molecule has 0 amide bonds. The van der Waals surface area contributed by atoms with E-state index in [1.165, 1.54) is 7.11 Å². The van der Waals surface area contributed by atoms with Crippen LogP contribution in [0.3, 0.4) is 0 Å². The molecule has 32 heavy (non-hydrogen) atoms. The second kappa shape index (κ2) is 10.4. The third kappa shape index (κ3) is 4.65. The van der Waals surface area contributed by atoms with Crippen molar-refractivity contribution in [1.29, 1.82) is 0 Å². The number of benzene rings is 2. The molecule has 0 fully saturated rings. The number of rotatable bonds is 8. The smallest absolute Gasteiger partial charge is 0.337 e. The summed E-state index contributed by atoms with van der Waals surface area (Å²) in [5.41, 5.74) is 2.76. The van der Waals surface area contributed by atoms with E-state index in [0.717, 1.165) is 23.4 Å². The number of hydrogen-bond acceptors (Lipinski definition) is 6. The fourth-order valence-electron chi connectivity index (χ4n) is 3.60. The molecule has 0 radical (unpaired) electrons. The molecule has 1 heterocycles. The van der Waals surface area contributed by atoms with Gasteiger partial charge in [-0.15, -0.1) is 0 Å². The quantitative estimate of drug-likeness (QED) is 0.464. The van der Waals surface area contributed by atoms with Crippen LogP contribution in [0.4, 0.5) is 5.69 Å². The zero-order chi connectivity index (χ0) is 23.3. The molecule has 0 aromatic heterocycles. The van der Waals surface area contributed by atoms with E-state index in [9.17, 15) is 4.79 Å². The first kappa shape index (κ1) is 23.4. The van der Waals surface area contributed by atoms with E-state index in [1.54, 1.807) is 14.2 Å². The van der Waals surface area contributed by atoms with Crippen molar-refractivity contribution in [3.8, 4) is 17.2 Å². The summed E-state index contributed by atoms with van der Waals surface area (Å²) in [6.45, 7) is 4.48. The highest BCUT2D eigenvalue weighted by Gasteiger charge is 2.35. The third-order valence-electron chi connectivity index (χ3n) is 5.20. The van der Waals surface area contributed by atoms with Gasteiger partial charge >= 0.3 is 5.97 Å². The average Bonchev–Trinajstić information content (AvgIpc) is 2.82. The second-order valence-electron chi connectivity index (χ2n) is 7.17. The molecule has 1 unspecified atom stereocenters. The Kier molecular flexibility index (Phi) is 7.58. The molecule has 7 nitrogen and oxygen atoms in total. The van der Waals surface area contributed by atoms with E-state index in [1.807, 2.05) is 61.2 Å². The summed E-state index contributed by atoms with van der Waals surface area (Å²) in [5, 5.41) is 3.76. The van der Waals surface area contributed by atoms with Gasteiger partial charge in [0.1, 0.15) is 5.75 Å². The summed E-state index contributed by atoms with van der Waals surface area (Å²) in [6.07, 6.45) is 0.888. The number of hydrogen-bond donors (Lipinski definition) is 1. The minimum Gasteiger partial charge on any atom is -0.497 e. The lowest BCUT2D eigenvalue weighted by Gasteiger charge is -2.37. The molecule has 0 saturated heterocycles. The van der Waals surface area contributed by atoms with Crippen molar-refractivity contribution in [2.24, 2.45) is 0 Å². The summed E-state index contributed by atoms with van der Waals surface area (Å²) in [6, 6.07) is 12.5. The Labute approximate surface area is 193 Å². The van der Waals surface area contributed by atoms with Crippen LogP contribution in [0, 0.1) is 0 Å². The van der Waals surface area contributed by atoms with E-state index in [0.29, 0.717) is 34.5 Å². The van der Waals surface area contributed by atoms with Crippen LogP contribution in [-0.2, 0) is 9.53 Å². The third-order valence-corrected chi connectivity index (χ3v) is 5.50. The lowest BCUT2D eigenvalue weighted by atomic mass is 9.94. The van der Waals surface area contributed by atoms with Gasteiger partial charge in [0.25, 0.3) is 0 Å². The van der Waals surface area contributed by atoms with Gasteiger partial charge in [-0.3, -0.25) is 4.90 Å². The second-order valence-corrected chi connectivity index (χ2v) is 7.55. The molecule has 2 aromatic carbocycles. The van der Waals surface area contributed by atoms with Crippen LogP contribution < -0.4 is 24.4 Å². The van der Waals surface area contributed by atoms with E-state index in [4.69, 9.17) is 31.2 Å². The zero-order valence-corrected chi connectivity index (χ0v) is 19.7. The number of carbonyl (C=O) groups excluding carboxylic acids is 1. The number of anilines is 1. The van der Waals surface area contributed by atoms with Crippen LogP contribution in [0.2, 0.25) is 0 Å². The van der Waals surface area contributed by atoms with Gasteiger partial charge in [0.05, 0.1) is 39.6 Å². The maximum atomic E-state index is 12.8. The highest BCUT2D eigenvalue weighted by atomic mass is 32.1. The molecule has 1 aliphatic rings. The van der Waals surface area contributed by atoms with Crippen molar-refractivity contribution in [3.63, 3.8) is 0 Å². The summed E-state index contributed by atoms with van der Waals surface area (Å²) in [4.78, 5) is 14.7. The van der Waals surface area contributed by atoms with Crippen LogP contribution >= 0.6 is 12.2 Å². The first-order chi connectivity index (χ1) is 15.4. The highest BCUT2D eigenvalue weighted by Crippen LogP contribution is 2.38. The monoisotopic (exact) mass is 456 g/mol. The Morgan fingerprint density at radius 2 is 1.78 bits per heavy atom. The molecular formula is C24H28N2O5S. The lowest BCUT2D eigenvalue weighted by Crippen LogP contribution is -2.48. The van der Waals surface area contributed by atoms with Crippen molar-refractivity contribution < 1.29 is 23.7 Å². The molecule has 8 heteroatoms. The highest BCUT2D eigenvalue weighted by molar-refractivity contribution is 7.80. The predicted octanol–water partition coefficient (Wildman–Crippen LogP) is 4.38. The summed E-state index contributed by atoms with van der Waals surface area (Å²) in [7, 11) is 4.57. The van der Waals surface area contributed by atoms with Crippen molar-refractivity contribution in [1.82, 2.24) is 5.32 Å². The van der Waals surface area contributed by atoms with Gasteiger partial charge in [-0.25, -0.2) is 4.79 Å². The van der Waals surface area contributed by atoms with Gasteiger partial charge in [-0.05, 0) is 67.5 Å². The van der Waals surface area contributed by atoms with Crippen LogP contribution in [0.15, 0.2) is 53.7 Å². The summed E-state index contributed by atoms with van der Waals surface area (Å²) in [5.74, 6) is 1.53. The fourth-order valence-corrected chi connectivity index (χ4v) is 3.96.